The van der Waals surface area contributed by atoms with Crippen LogP contribution in [0.1, 0.15) is 34.6 Å². The molecule has 1 N–H and O–H groups in total. The molecule has 0 aromatic rings. The summed E-state index contributed by atoms with van der Waals surface area (Å²) < 4.78 is 0. The Kier molecular flexibility index (Phi) is 5.59. The first-order valence-corrected chi connectivity index (χ1v) is 5.57. The van der Waals surface area contributed by atoms with Crippen molar-refractivity contribution in [2.75, 3.05) is 0 Å². The second-order valence-corrected chi connectivity index (χ2v) is 4.69. The van der Waals surface area contributed by atoms with Crippen molar-refractivity contribution in [1.82, 2.24) is 5.32 Å². The molecule has 2 atom stereocenters. The highest BCUT2D eigenvalue weighted by Gasteiger charge is 2.27. The van der Waals surface area contributed by atoms with E-state index in [1.807, 2.05) is 19.1 Å². The summed E-state index contributed by atoms with van der Waals surface area (Å²) in [5, 5.41) is 3.53. The van der Waals surface area contributed by atoms with Crippen molar-refractivity contribution in [2.45, 2.75) is 46.2 Å². The number of hydrogen-bond acceptors (Lipinski definition) is 1. The quantitative estimate of drug-likeness (QED) is 0.517. The highest BCUT2D eigenvalue weighted by Crippen LogP contribution is 2.24. The summed E-state index contributed by atoms with van der Waals surface area (Å²) in [6.45, 7) is 18.6. The van der Waals surface area contributed by atoms with Gasteiger partial charge in [0.2, 0.25) is 0 Å². The maximum absolute atomic E-state index is 4.09. The zero-order valence-electron chi connectivity index (χ0n) is 10.8. The molecule has 0 saturated heterocycles. The summed E-state index contributed by atoms with van der Waals surface area (Å²) in [4.78, 5) is 0. The van der Waals surface area contributed by atoms with E-state index in [0.717, 1.165) is 5.57 Å². The smallest absolute Gasteiger partial charge is 0.0224 e. The molecule has 0 bridgehead atoms. The van der Waals surface area contributed by atoms with Crippen LogP contribution in [0.15, 0.2) is 37.0 Å². The second kappa shape index (κ2) is 5.92. The van der Waals surface area contributed by atoms with Gasteiger partial charge in [0, 0.05) is 11.6 Å². The van der Waals surface area contributed by atoms with Gasteiger partial charge >= 0.3 is 0 Å². The molecule has 0 rings (SSSR count). The molecule has 1 heteroatoms. The molecule has 0 aromatic carbocycles. The summed E-state index contributed by atoms with van der Waals surface area (Å²) in [5.41, 5.74) is 1.19. The lowest BCUT2D eigenvalue weighted by atomic mass is 9.83. The van der Waals surface area contributed by atoms with Gasteiger partial charge in [-0.1, -0.05) is 37.3 Å². The van der Waals surface area contributed by atoms with Gasteiger partial charge < -0.3 is 5.32 Å². The Morgan fingerprint density at radius 1 is 1.33 bits per heavy atom. The van der Waals surface area contributed by atoms with Crippen molar-refractivity contribution in [3.05, 3.63) is 37.0 Å². The van der Waals surface area contributed by atoms with E-state index >= 15 is 0 Å². The first-order valence-electron chi connectivity index (χ1n) is 5.57. The third-order valence-electron chi connectivity index (χ3n) is 2.97. The minimum atomic E-state index is 0.0319. The van der Waals surface area contributed by atoms with E-state index in [9.17, 15) is 0 Å². The Hall–Kier alpha value is -0.820. The molecule has 0 radical (unpaired) electrons. The van der Waals surface area contributed by atoms with Crippen LogP contribution in [0, 0.1) is 5.92 Å². The molecule has 1 unspecified atom stereocenters. The fourth-order valence-corrected chi connectivity index (χ4v) is 1.59. The Labute approximate surface area is 95.0 Å². The van der Waals surface area contributed by atoms with E-state index in [1.165, 1.54) is 0 Å². The topological polar surface area (TPSA) is 12.0 Å². The van der Waals surface area contributed by atoms with E-state index in [-0.39, 0.29) is 5.54 Å². The molecule has 0 aliphatic rings. The van der Waals surface area contributed by atoms with E-state index in [4.69, 9.17) is 0 Å². The number of nitrogens with one attached hydrogen (secondary N) is 1. The molecule has 0 aliphatic carbocycles. The van der Waals surface area contributed by atoms with Gasteiger partial charge in [-0.3, -0.25) is 0 Å². The van der Waals surface area contributed by atoms with Gasteiger partial charge in [-0.25, -0.2) is 0 Å². The molecule has 15 heavy (non-hydrogen) atoms. The van der Waals surface area contributed by atoms with Crippen molar-refractivity contribution in [3.63, 3.8) is 0 Å². The van der Waals surface area contributed by atoms with E-state index in [1.54, 1.807) is 0 Å². The van der Waals surface area contributed by atoms with Crippen molar-refractivity contribution < 1.29 is 0 Å². The lowest BCUT2D eigenvalue weighted by Crippen LogP contribution is -2.49. The molecule has 0 aliphatic heterocycles. The van der Waals surface area contributed by atoms with Crippen molar-refractivity contribution in [2.24, 2.45) is 5.92 Å². The summed E-state index contributed by atoms with van der Waals surface area (Å²) >= 11 is 0. The molecule has 0 aromatic heterocycles. The highest BCUT2D eigenvalue weighted by atomic mass is 15.0. The third kappa shape index (κ3) is 4.48. The third-order valence-corrected chi connectivity index (χ3v) is 2.97. The van der Waals surface area contributed by atoms with Crippen LogP contribution in [0.25, 0.3) is 0 Å². The number of allylic oxidation sites excluding steroid dienone is 2. The van der Waals surface area contributed by atoms with Crippen molar-refractivity contribution >= 4 is 0 Å². The minimum Gasteiger partial charge on any atom is -0.305 e. The lowest BCUT2D eigenvalue weighted by Gasteiger charge is -2.35. The van der Waals surface area contributed by atoms with Crippen LogP contribution in [0.2, 0.25) is 0 Å². The Bertz CT molecular complexity index is 248. The van der Waals surface area contributed by atoms with Gasteiger partial charge in [0.1, 0.15) is 0 Å². The summed E-state index contributed by atoms with van der Waals surface area (Å²) in [6, 6.07) is 0.320. The van der Waals surface area contributed by atoms with Crippen LogP contribution < -0.4 is 5.32 Å². The first-order chi connectivity index (χ1) is 6.85. The largest absolute Gasteiger partial charge is 0.305 e. The fraction of sp³-hybridized carbons (Fsp3) is 0.571. The average molecular weight is 207 g/mol. The molecule has 0 spiro atoms. The van der Waals surface area contributed by atoms with Gasteiger partial charge in [-0.15, -0.1) is 6.58 Å². The van der Waals surface area contributed by atoms with Gasteiger partial charge in [-0.2, -0.15) is 0 Å². The zero-order chi connectivity index (χ0) is 12.1. The van der Waals surface area contributed by atoms with Crippen LogP contribution in [-0.2, 0) is 0 Å². The van der Waals surface area contributed by atoms with Gasteiger partial charge in [0.05, 0.1) is 0 Å². The van der Waals surface area contributed by atoms with Crippen LogP contribution in [0.5, 0.6) is 0 Å². The average Bonchev–Trinajstić information content (AvgIpc) is 2.16. The van der Waals surface area contributed by atoms with E-state index < -0.39 is 0 Å². The SMILES string of the molecule is C=C[C@@H](C)NC(C)(C)C(C)C(=C)/C=C\C. The molecule has 0 fully saturated rings. The van der Waals surface area contributed by atoms with Gasteiger partial charge in [0.25, 0.3) is 0 Å². The highest BCUT2D eigenvalue weighted by molar-refractivity contribution is 5.20. The van der Waals surface area contributed by atoms with E-state index in [0.29, 0.717) is 12.0 Å². The Morgan fingerprint density at radius 2 is 1.87 bits per heavy atom. The molecular formula is C14H25N. The maximum Gasteiger partial charge on any atom is 0.0224 e. The minimum absolute atomic E-state index is 0.0319. The standard InChI is InChI=1S/C14H25N/c1-8-10-11(3)13(5)14(6,7)15-12(4)9-2/h8-10,12-13,15H,2-3H2,1,4-7H3/b10-8-/t12-,13?/m1/s1. The maximum atomic E-state index is 4.09. The molecule has 0 heterocycles. The van der Waals surface area contributed by atoms with Crippen LogP contribution in [0.3, 0.4) is 0 Å². The number of rotatable bonds is 6. The van der Waals surface area contributed by atoms with Crippen LogP contribution in [-0.4, -0.2) is 11.6 Å². The van der Waals surface area contributed by atoms with Crippen LogP contribution in [0.4, 0.5) is 0 Å². The fourth-order valence-electron chi connectivity index (χ4n) is 1.59. The second-order valence-electron chi connectivity index (χ2n) is 4.69. The lowest BCUT2D eigenvalue weighted by molar-refractivity contribution is 0.292. The van der Waals surface area contributed by atoms with Crippen molar-refractivity contribution in [1.29, 1.82) is 0 Å². The predicted octanol–water partition coefficient (Wildman–Crippen LogP) is 3.70. The molecule has 0 saturated carbocycles. The van der Waals surface area contributed by atoms with Gasteiger partial charge in [0.15, 0.2) is 0 Å². The van der Waals surface area contributed by atoms with Gasteiger partial charge in [-0.05, 0) is 33.6 Å². The van der Waals surface area contributed by atoms with E-state index in [2.05, 4.69) is 52.2 Å². The molecule has 86 valence electrons. The number of hydrogen-bond donors (Lipinski definition) is 1. The normalized spacial score (nSPS) is 16.3. The zero-order valence-corrected chi connectivity index (χ0v) is 10.8. The molecule has 1 nitrogen and oxygen atoms in total. The molecular weight excluding hydrogens is 182 g/mol. The predicted molar refractivity (Wildman–Crippen MR) is 70.0 cm³/mol. The Balaban J connectivity index is 4.56. The van der Waals surface area contributed by atoms with Crippen LogP contribution >= 0.6 is 0 Å². The first kappa shape index (κ1) is 14.2. The monoisotopic (exact) mass is 207 g/mol. The summed E-state index contributed by atoms with van der Waals surface area (Å²) in [7, 11) is 0. The summed E-state index contributed by atoms with van der Waals surface area (Å²) in [5.74, 6) is 0.399. The summed E-state index contributed by atoms with van der Waals surface area (Å²) in [6.07, 6.45) is 6.03. The Morgan fingerprint density at radius 3 is 2.27 bits per heavy atom. The molecule has 0 amide bonds. The van der Waals surface area contributed by atoms with Crippen molar-refractivity contribution in [3.8, 4) is 0 Å².